The maximum atomic E-state index is 11.3. The van der Waals surface area contributed by atoms with Crippen LogP contribution in [0.5, 0.6) is 0 Å². The molecule has 0 spiro atoms. The van der Waals surface area contributed by atoms with Crippen molar-refractivity contribution in [3.8, 4) is 0 Å². The number of rotatable bonds is 2. The minimum atomic E-state index is -0.579. The monoisotopic (exact) mass is 184 g/mol. The van der Waals surface area contributed by atoms with Crippen molar-refractivity contribution < 1.29 is 9.90 Å². The second kappa shape index (κ2) is 2.69. The summed E-state index contributed by atoms with van der Waals surface area (Å²) in [7, 11) is 0. The molecule has 3 N–H and O–H groups in total. The molecule has 0 unspecified atom stereocenters. The third-order valence-corrected chi connectivity index (χ3v) is 2.97. The minimum absolute atomic E-state index is 0.0506. The molecule has 74 valence electrons. The van der Waals surface area contributed by atoms with Crippen LogP contribution in [0.25, 0.3) is 0 Å². The molecule has 2 fully saturated rings. The summed E-state index contributed by atoms with van der Waals surface area (Å²) in [6, 6.07) is -0.441. The van der Waals surface area contributed by atoms with Gasteiger partial charge < -0.3 is 15.7 Å². The summed E-state index contributed by atoms with van der Waals surface area (Å²) in [5.41, 5.74) is 4.87. The Morgan fingerprint density at radius 2 is 2.15 bits per heavy atom. The Morgan fingerprint density at radius 3 is 2.54 bits per heavy atom. The highest BCUT2D eigenvalue weighted by Gasteiger charge is 2.53. The second-order valence-electron chi connectivity index (χ2n) is 4.36. The fourth-order valence-electron chi connectivity index (χ4n) is 1.94. The van der Waals surface area contributed by atoms with Crippen LogP contribution < -0.4 is 5.73 Å². The smallest absolute Gasteiger partial charge is 0.239 e. The van der Waals surface area contributed by atoms with Gasteiger partial charge in [-0.15, -0.1) is 0 Å². The topological polar surface area (TPSA) is 66.6 Å². The van der Waals surface area contributed by atoms with Crippen molar-refractivity contribution in [2.75, 3.05) is 13.1 Å². The van der Waals surface area contributed by atoms with Gasteiger partial charge in [-0.2, -0.15) is 0 Å². The number of carbonyl (C=O) groups is 1. The quantitative estimate of drug-likeness (QED) is 0.597. The lowest BCUT2D eigenvalue weighted by Gasteiger charge is -2.47. The van der Waals surface area contributed by atoms with Gasteiger partial charge in [-0.3, -0.25) is 4.79 Å². The van der Waals surface area contributed by atoms with Crippen LogP contribution in [0.15, 0.2) is 0 Å². The second-order valence-corrected chi connectivity index (χ2v) is 4.36. The molecular weight excluding hydrogens is 168 g/mol. The minimum Gasteiger partial charge on any atom is -0.386 e. The molecule has 0 aromatic carbocycles. The van der Waals surface area contributed by atoms with Crippen molar-refractivity contribution in [2.24, 2.45) is 11.7 Å². The zero-order valence-electron chi connectivity index (χ0n) is 7.86. The van der Waals surface area contributed by atoms with Crippen LogP contribution >= 0.6 is 0 Å². The van der Waals surface area contributed by atoms with Gasteiger partial charge in [0.05, 0.1) is 19.1 Å². The number of hydrogen-bond donors (Lipinski definition) is 2. The molecule has 1 aliphatic carbocycles. The number of aliphatic hydroxyl groups is 1. The zero-order chi connectivity index (χ0) is 9.64. The molecule has 1 atom stereocenters. The van der Waals surface area contributed by atoms with E-state index in [1.165, 1.54) is 0 Å². The number of β-amino-alcohol motifs (C(OH)–C–C–N with tert-alkyl or cyclic N) is 1. The molecule has 13 heavy (non-hydrogen) atoms. The van der Waals surface area contributed by atoms with Crippen molar-refractivity contribution in [2.45, 2.75) is 31.4 Å². The molecule has 1 heterocycles. The maximum Gasteiger partial charge on any atom is 0.239 e. The molecule has 0 radical (unpaired) electrons. The molecule has 1 saturated heterocycles. The van der Waals surface area contributed by atoms with Gasteiger partial charge in [0, 0.05) is 0 Å². The Hall–Kier alpha value is -0.610. The molecule has 1 amide bonds. The van der Waals surface area contributed by atoms with Crippen molar-refractivity contribution in [3.05, 3.63) is 0 Å². The first kappa shape index (κ1) is 8.97. The SMILES string of the molecule is C[C@@H](N)C(=O)N1CC(O)(C2CC2)C1. The fraction of sp³-hybridized carbons (Fsp3) is 0.889. The van der Waals surface area contributed by atoms with E-state index < -0.39 is 11.6 Å². The maximum absolute atomic E-state index is 11.3. The Balaban J connectivity index is 1.86. The predicted molar refractivity (Wildman–Crippen MR) is 47.9 cm³/mol. The summed E-state index contributed by atoms with van der Waals surface area (Å²) >= 11 is 0. The lowest BCUT2D eigenvalue weighted by atomic mass is 9.88. The molecule has 1 aliphatic heterocycles. The number of amides is 1. The van der Waals surface area contributed by atoms with Gasteiger partial charge in [-0.25, -0.2) is 0 Å². The van der Waals surface area contributed by atoms with Crippen LogP contribution in [-0.4, -0.2) is 40.6 Å². The number of nitrogens with zero attached hydrogens (tertiary/aromatic N) is 1. The van der Waals surface area contributed by atoms with E-state index in [4.69, 9.17) is 5.73 Å². The average molecular weight is 184 g/mol. The summed E-state index contributed by atoms with van der Waals surface area (Å²) in [4.78, 5) is 13.0. The van der Waals surface area contributed by atoms with Gasteiger partial charge in [-0.05, 0) is 25.7 Å². The van der Waals surface area contributed by atoms with Crippen LogP contribution in [0.2, 0.25) is 0 Å². The Kier molecular flexibility index (Phi) is 1.85. The lowest BCUT2D eigenvalue weighted by molar-refractivity contribution is -0.160. The summed E-state index contributed by atoms with van der Waals surface area (Å²) in [6.45, 7) is 2.65. The lowest BCUT2D eigenvalue weighted by Crippen LogP contribution is -2.66. The Bertz CT molecular complexity index is 230. The van der Waals surface area contributed by atoms with Crippen molar-refractivity contribution in [1.82, 2.24) is 4.90 Å². The van der Waals surface area contributed by atoms with E-state index in [2.05, 4.69) is 0 Å². The van der Waals surface area contributed by atoms with E-state index in [0.717, 1.165) is 12.8 Å². The number of likely N-dealkylation sites (tertiary alicyclic amines) is 1. The van der Waals surface area contributed by atoms with Gasteiger partial charge in [0.25, 0.3) is 0 Å². The van der Waals surface area contributed by atoms with E-state index >= 15 is 0 Å². The highest BCUT2D eigenvalue weighted by atomic mass is 16.3. The molecule has 2 rings (SSSR count). The predicted octanol–water partition coefficient (Wildman–Crippen LogP) is -0.683. The third-order valence-electron chi connectivity index (χ3n) is 2.97. The Morgan fingerprint density at radius 1 is 1.62 bits per heavy atom. The standard InChI is InChI=1S/C9H16N2O2/c1-6(10)8(12)11-4-9(13,5-11)7-2-3-7/h6-7,13H,2-5,10H2,1H3/t6-/m1/s1. The van der Waals surface area contributed by atoms with E-state index in [1.807, 2.05) is 0 Å². The van der Waals surface area contributed by atoms with Gasteiger partial charge in [-0.1, -0.05) is 0 Å². The summed E-state index contributed by atoms with van der Waals surface area (Å²) in [6.07, 6.45) is 2.22. The number of carbonyl (C=O) groups excluding carboxylic acids is 1. The average Bonchev–Trinajstić information content (AvgIpc) is 2.79. The molecule has 2 aliphatic rings. The van der Waals surface area contributed by atoms with E-state index in [0.29, 0.717) is 19.0 Å². The third kappa shape index (κ3) is 1.44. The summed E-state index contributed by atoms with van der Waals surface area (Å²) in [5.74, 6) is 0.384. The first-order valence-electron chi connectivity index (χ1n) is 4.80. The first-order chi connectivity index (χ1) is 6.03. The van der Waals surface area contributed by atoms with E-state index in [-0.39, 0.29) is 5.91 Å². The molecule has 1 saturated carbocycles. The van der Waals surface area contributed by atoms with Gasteiger partial charge in [0.1, 0.15) is 5.60 Å². The molecule has 0 aromatic heterocycles. The Labute approximate surface area is 77.7 Å². The van der Waals surface area contributed by atoms with Crippen molar-refractivity contribution >= 4 is 5.91 Å². The summed E-state index contributed by atoms with van der Waals surface area (Å²) in [5, 5.41) is 9.92. The molecule has 4 heteroatoms. The van der Waals surface area contributed by atoms with Crippen molar-refractivity contribution in [3.63, 3.8) is 0 Å². The van der Waals surface area contributed by atoms with Gasteiger partial charge in [0.2, 0.25) is 5.91 Å². The van der Waals surface area contributed by atoms with Gasteiger partial charge >= 0.3 is 0 Å². The van der Waals surface area contributed by atoms with Crippen LogP contribution in [0, 0.1) is 5.92 Å². The van der Waals surface area contributed by atoms with Crippen LogP contribution in [0.3, 0.4) is 0 Å². The van der Waals surface area contributed by atoms with Crippen molar-refractivity contribution in [1.29, 1.82) is 0 Å². The van der Waals surface area contributed by atoms with Crippen LogP contribution in [-0.2, 0) is 4.79 Å². The zero-order valence-corrected chi connectivity index (χ0v) is 7.86. The summed E-state index contributed by atoms with van der Waals surface area (Å²) < 4.78 is 0. The highest BCUT2D eigenvalue weighted by Crippen LogP contribution is 2.44. The van der Waals surface area contributed by atoms with Gasteiger partial charge in [0.15, 0.2) is 0 Å². The number of hydrogen-bond acceptors (Lipinski definition) is 3. The largest absolute Gasteiger partial charge is 0.386 e. The highest BCUT2D eigenvalue weighted by molar-refractivity contribution is 5.82. The molecule has 4 nitrogen and oxygen atoms in total. The fourth-order valence-corrected chi connectivity index (χ4v) is 1.94. The van der Waals surface area contributed by atoms with E-state index in [1.54, 1.807) is 11.8 Å². The molecular formula is C9H16N2O2. The molecule has 0 aromatic rings. The van der Waals surface area contributed by atoms with Crippen LogP contribution in [0.4, 0.5) is 0 Å². The van der Waals surface area contributed by atoms with E-state index in [9.17, 15) is 9.90 Å². The first-order valence-corrected chi connectivity index (χ1v) is 4.80. The normalized spacial score (nSPS) is 28.1. The van der Waals surface area contributed by atoms with Crippen LogP contribution in [0.1, 0.15) is 19.8 Å². The number of nitrogens with two attached hydrogens (primary N) is 1. The molecule has 0 bridgehead atoms.